The first-order valence-corrected chi connectivity index (χ1v) is 8.31. The predicted octanol–water partition coefficient (Wildman–Crippen LogP) is 3.29. The first kappa shape index (κ1) is 19.3. The van der Waals surface area contributed by atoms with E-state index in [1.54, 1.807) is 43.5 Å². The zero-order valence-electron chi connectivity index (χ0n) is 14.9. The number of Topliss-reactive ketones (excluding diaryl/α,β-unsaturated/α-hetero) is 1. The van der Waals surface area contributed by atoms with Crippen LogP contribution in [0.1, 0.15) is 23.7 Å². The van der Waals surface area contributed by atoms with Crippen molar-refractivity contribution in [1.82, 2.24) is 0 Å². The summed E-state index contributed by atoms with van der Waals surface area (Å²) in [6, 6.07) is 13.9. The lowest BCUT2D eigenvalue weighted by molar-refractivity contribution is -0.143. The van der Waals surface area contributed by atoms with Crippen LogP contribution in [0.2, 0.25) is 0 Å². The Bertz CT molecular complexity index is 723. The fraction of sp³-hybridized carbons (Fsp3) is 0.300. The van der Waals surface area contributed by atoms with Gasteiger partial charge in [0.1, 0.15) is 5.75 Å². The highest BCUT2D eigenvalue weighted by atomic mass is 16.5. The Morgan fingerprint density at radius 1 is 0.923 bits per heavy atom. The van der Waals surface area contributed by atoms with E-state index in [0.717, 1.165) is 0 Å². The van der Waals surface area contributed by atoms with Gasteiger partial charge < -0.3 is 18.9 Å². The van der Waals surface area contributed by atoms with Crippen LogP contribution >= 0.6 is 0 Å². The third-order valence-electron chi connectivity index (χ3n) is 3.48. The Kier molecular flexibility index (Phi) is 7.49. The topological polar surface area (TPSA) is 71.1 Å². The summed E-state index contributed by atoms with van der Waals surface area (Å²) in [6.07, 6.45) is 0.0363. The second-order valence-corrected chi connectivity index (χ2v) is 5.29. The Morgan fingerprint density at radius 2 is 1.62 bits per heavy atom. The molecule has 0 spiro atoms. The van der Waals surface area contributed by atoms with Crippen LogP contribution in [0.15, 0.2) is 48.5 Å². The molecule has 0 saturated heterocycles. The van der Waals surface area contributed by atoms with Gasteiger partial charge in [-0.05, 0) is 43.3 Å². The molecule has 2 aromatic carbocycles. The van der Waals surface area contributed by atoms with E-state index in [1.165, 1.54) is 0 Å². The number of ketones is 1. The first-order chi connectivity index (χ1) is 12.6. The Hall–Kier alpha value is -3.02. The molecule has 0 amide bonds. The first-order valence-electron chi connectivity index (χ1n) is 8.31. The molecule has 0 radical (unpaired) electrons. The van der Waals surface area contributed by atoms with Crippen molar-refractivity contribution in [2.24, 2.45) is 0 Å². The van der Waals surface area contributed by atoms with Crippen LogP contribution in [0.5, 0.6) is 17.2 Å². The molecule has 2 aromatic rings. The van der Waals surface area contributed by atoms with Crippen molar-refractivity contribution < 1.29 is 28.5 Å². The second kappa shape index (κ2) is 10.1. The summed E-state index contributed by atoms with van der Waals surface area (Å²) in [6.45, 7) is 2.27. The lowest BCUT2D eigenvalue weighted by Crippen LogP contribution is -2.16. The fourth-order valence-corrected chi connectivity index (χ4v) is 2.19. The van der Waals surface area contributed by atoms with Gasteiger partial charge >= 0.3 is 5.97 Å². The van der Waals surface area contributed by atoms with Crippen LogP contribution in [0.3, 0.4) is 0 Å². The van der Waals surface area contributed by atoms with Crippen molar-refractivity contribution in [3.8, 4) is 17.2 Å². The molecule has 0 unspecified atom stereocenters. The van der Waals surface area contributed by atoms with Crippen LogP contribution in [0.4, 0.5) is 0 Å². The number of hydrogen-bond acceptors (Lipinski definition) is 6. The number of ether oxygens (including phenoxy) is 4. The van der Waals surface area contributed by atoms with Crippen molar-refractivity contribution in [3.63, 3.8) is 0 Å². The number of carbonyl (C=O) groups excluding carboxylic acids is 2. The third-order valence-corrected chi connectivity index (χ3v) is 3.48. The summed E-state index contributed by atoms with van der Waals surface area (Å²) in [4.78, 5) is 23.8. The molecule has 2 rings (SSSR count). The van der Waals surface area contributed by atoms with Gasteiger partial charge in [0, 0.05) is 5.56 Å². The molecule has 0 aliphatic rings. The van der Waals surface area contributed by atoms with E-state index in [9.17, 15) is 9.59 Å². The van der Waals surface area contributed by atoms with Crippen LogP contribution in [0.25, 0.3) is 0 Å². The number of methoxy groups -OCH3 is 1. The quantitative estimate of drug-likeness (QED) is 0.479. The van der Waals surface area contributed by atoms with Crippen LogP contribution in [-0.2, 0) is 9.53 Å². The van der Waals surface area contributed by atoms with Gasteiger partial charge in [-0.3, -0.25) is 9.59 Å². The highest BCUT2D eigenvalue weighted by molar-refractivity contribution is 5.98. The molecule has 0 bridgehead atoms. The summed E-state index contributed by atoms with van der Waals surface area (Å²) in [5.74, 6) is 1.06. The molecule has 0 aromatic heterocycles. The van der Waals surface area contributed by atoms with Gasteiger partial charge in [-0.25, -0.2) is 0 Å². The zero-order chi connectivity index (χ0) is 18.8. The molecule has 0 aliphatic carbocycles. The van der Waals surface area contributed by atoms with Gasteiger partial charge in [-0.2, -0.15) is 0 Å². The highest BCUT2D eigenvalue weighted by Crippen LogP contribution is 2.25. The second-order valence-electron chi connectivity index (χ2n) is 5.29. The van der Waals surface area contributed by atoms with Crippen molar-refractivity contribution in [3.05, 3.63) is 54.1 Å². The number of esters is 1. The molecule has 0 fully saturated rings. The smallest absolute Gasteiger partial charge is 0.309 e. The van der Waals surface area contributed by atoms with Gasteiger partial charge in [0.25, 0.3) is 0 Å². The standard InChI is InChI=1S/C20H22O6/c1-3-24-16-10-8-15(9-11-16)17(21)14-26-20(22)12-13-25-19-7-5-4-6-18(19)23-2/h4-11H,3,12-14H2,1-2H3. The van der Waals surface area contributed by atoms with E-state index < -0.39 is 5.97 Å². The molecule has 26 heavy (non-hydrogen) atoms. The molecule has 0 N–H and O–H groups in total. The van der Waals surface area contributed by atoms with Crippen molar-refractivity contribution in [2.45, 2.75) is 13.3 Å². The average Bonchev–Trinajstić information content (AvgIpc) is 2.67. The van der Waals surface area contributed by atoms with E-state index in [2.05, 4.69) is 0 Å². The summed E-state index contributed by atoms with van der Waals surface area (Å²) < 4.78 is 21.0. The maximum absolute atomic E-state index is 12.0. The molecular weight excluding hydrogens is 336 g/mol. The molecular formula is C20H22O6. The maximum atomic E-state index is 12.0. The normalized spacial score (nSPS) is 10.1. The average molecular weight is 358 g/mol. The van der Waals surface area contributed by atoms with Crippen molar-refractivity contribution in [1.29, 1.82) is 0 Å². The third kappa shape index (κ3) is 5.81. The number of rotatable bonds is 10. The minimum atomic E-state index is -0.501. The van der Waals surface area contributed by atoms with Gasteiger partial charge in [-0.15, -0.1) is 0 Å². The summed E-state index contributed by atoms with van der Waals surface area (Å²) >= 11 is 0. The molecule has 0 saturated carbocycles. The molecule has 6 nitrogen and oxygen atoms in total. The van der Waals surface area contributed by atoms with Gasteiger partial charge in [0.2, 0.25) is 0 Å². The van der Waals surface area contributed by atoms with Crippen molar-refractivity contribution in [2.75, 3.05) is 26.9 Å². The number of para-hydroxylation sites is 2. The van der Waals surface area contributed by atoms with Gasteiger partial charge in [0.15, 0.2) is 23.9 Å². The number of benzene rings is 2. The Morgan fingerprint density at radius 3 is 2.27 bits per heavy atom. The summed E-state index contributed by atoms with van der Waals surface area (Å²) in [5, 5.41) is 0. The minimum absolute atomic E-state index is 0.0363. The van der Waals surface area contributed by atoms with Gasteiger partial charge in [0.05, 0.1) is 26.7 Å². The van der Waals surface area contributed by atoms with E-state index >= 15 is 0 Å². The van der Waals surface area contributed by atoms with Crippen LogP contribution in [-0.4, -0.2) is 38.7 Å². The van der Waals surface area contributed by atoms with Crippen molar-refractivity contribution >= 4 is 11.8 Å². The SMILES string of the molecule is CCOc1ccc(C(=O)COC(=O)CCOc2ccccc2OC)cc1. The van der Waals surface area contributed by atoms with Gasteiger partial charge in [-0.1, -0.05) is 12.1 Å². The van der Waals surface area contributed by atoms with E-state index in [0.29, 0.717) is 29.4 Å². The lowest BCUT2D eigenvalue weighted by Gasteiger charge is -2.10. The lowest BCUT2D eigenvalue weighted by atomic mass is 10.1. The molecule has 0 atom stereocenters. The Labute approximate surface area is 152 Å². The number of hydrogen-bond donors (Lipinski definition) is 0. The van der Waals surface area contributed by atoms with Crippen LogP contribution in [0, 0.1) is 0 Å². The molecule has 0 heterocycles. The molecule has 138 valence electrons. The minimum Gasteiger partial charge on any atom is -0.494 e. The molecule has 6 heteroatoms. The summed E-state index contributed by atoms with van der Waals surface area (Å²) in [7, 11) is 1.54. The maximum Gasteiger partial charge on any atom is 0.309 e. The number of carbonyl (C=O) groups is 2. The van der Waals surface area contributed by atoms with E-state index in [1.807, 2.05) is 19.1 Å². The van der Waals surface area contributed by atoms with E-state index in [4.69, 9.17) is 18.9 Å². The van der Waals surface area contributed by atoms with E-state index in [-0.39, 0.29) is 25.4 Å². The zero-order valence-corrected chi connectivity index (χ0v) is 14.9. The van der Waals surface area contributed by atoms with Crippen LogP contribution < -0.4 is 14.2 Å². The highest BCUT2D eigenvalue weighted by Gasteiger charge is 2.11. The summed E-state index contributed by atoms with van der Waals surface area (Å²) in [5.41, 5.74) is 0.464. The predicted molar refractivity (Wildman–Crippen MR) is 96.0 cm³/mol. The monoisotopic (exact) mass is 358 g/mol. The largest absolute Gasteiger partial charge is 0.494 e. The fourth-order valence-electron chi connectivity index (χ4n) is 2.19. The molecule has 0 aliphatic heterocycles. The Balaban J connectivity index is 1.73.